The van der Waals surface area contributed by atoms with Crippen LogP contribution in [-0.2, 0) is 4.79 Å². The van der Waals surface area contributed by atoms with Gasteiger partial charge in [0.15, 0.2) is 5.82 Å². The molecule has 0 saturated carbocycles. The maximum absolute atomic E-state index is 12.8. The highest BCUT2D eigenvalue weighted by Crippen LogP contribution is 2.30. The summed E-state index contributed by atoms with van der Waals surface area (Å²) in [6.07, 6.45) is 5.98. The van der Waals surface area contributed by atoms with Gasteiger partial charge in [-0.25, -0.2) is 0 Å². The molecule has 170 valence electrons. The van der Waals surface area contributed by atoms with Gasteiger partial charge in [0, 0.05) is 38.1 Å². The van der Waals surface area contributed by atoms with Crippen LogP contribution in [-0.4, -0.2) is 58.1 Å². The molecule has 5 rings (SSSR count). The highest BCUT2D eigenvalue weighted by molar-refractivity contribution is 7.11. The number of carbonyl (C=O) groups is 2. The van der Waals surface area contributed by atoms with Crippen molar-refractivity contribution in [1.82, 2.24) is 20.1 Å². The molecule has 33 heavy (non-hydrogen) atoms. The van der Waals surface area contributed by atoms with Gasteiger partial charge in [-0.15, -0.1) is 16.4 Å². The maximum atomic E-state index is 12.8. The predicted octanol–water partition coefficient (Wildman–Crippen LogP) is 3.42. The molecule has 1 aromatic carbocycles. The molecule has 0 bridgehead atoms. The number of likely N-dealkylation sites (tertiary alicyclic amines) is 1. The maximum Gasteiger partial charge on any atom is 0.265 e. The number of amides is 2. The van der Waals surface area contributed by atoms with Gasteiger partial charge >= 0.3 is 0 Å². The topological polar surface area (TPSA) is 91.3 Å². The minimum Gasteiger partial charge on any atom is -0.354 e. The van der Waals surface area contributed by atoms with E-state index < -0.39 is 0 Å². The number of piperidine rings is 1. The second-order valence-corrected chi connectivity index (χ2v) is 9.44. The first-order valence-electron chi connectivity index (χ1n) is 11.3. The molecule has 0 radical (unpaired) electrons. The molecule has 2 saturated heterocycles. The van der Waals surface area contributed by atoms with E-state index in [-0.39, 0.29) is 17.7 Å². The van der Waals surface area contributed by atoms with E-state index in [1.165, 1.54) is 16.9 Å². The quantitative estimate of drug-likeness (QED) is 0.625. The molecule has 1 N–H and O–H groups in total. The van der Waals surface area contributed by atoms with E-state index in [4.69, 9.17) is 0 Å². The minimum absolute atomic E-state index is 0.0454. The van der Waals surface area contributed by atoms with E-state index in [1.54, 1.807) is 17.9 Å². The van der Waals surface area contributed by atoms with Crippen LogP contribution in [0.3, 0.4) is 0 Å². The fraction of sp³-hybridized carbons (Fsp3) is 0.375. The summed E-state index contributed by atoms with van der Waals surface area (Å²) in [5, 5.41) is 11.1. The number of rotatable bonds is 5. The van der Waals surface area contributed by atoms with E-state index in [0.29, 0.717) is 17.3 Å². The number of hydrogen-bond donors (Lipinski definition) is 1. The second-order valence-electron chi connectivity index (χ2n) is 8.56. The van der Waals surface area contributed by atoms with E-state index in [9.17, 15) is 9.59 Å². The molecule has 4 heterocycles. The Morgan fingerprint density at radius 3 is 2.55 bits per heavy atom. The number of carbonyl (C=O) groups excluding carboxylic acids is 2. The van der Waals surface area contributed by atoms with Crippen LogP contribution < -0.4 is 10.2 Å². The molecule has 2 fully saturated rings. The van der Waals surface area contributed by atoms with Crippen molar-refractivity contribution in [2.24, 2.45) is 5.92 Å². The number of nitrogens with zero attached hydrogens (tertiary/aromatic N) is 5. The van der Waals surface area contributed by atoms with Crippen LogP contribution in [0.5, 0.6) is 0 Å². The average molecular weight is 463 g/mol. The summed E-state index contributed by atoms with van der Waals surface area (Å²) in [5.41, 5.74) is 3.77. The van der Waals surface area contributed by atoms with Gasteiger partial charge in [-0.2, -0.15) is 5.10 Å². The Labute approximate surface area is 196 Å². The highest BCUT2D eigenvalue weighted by Gasteiger charge is 2.29. The summed E-state index contributed by atoms with van der Waals surface area (Å²) in [4.78, 5) is 34.0. The van der Waals surface area contributed by atoms with Gasteiger partial charge in [0.25, 0.3) is 5.91 Å². The lowest BCUT2D eigenvalue weighted by atomic mass is 9.89. The van der Waals surface area contributed by atoms with Crippen LogP contribution in [0.15, 0.2) is 54.3 Å². The Balaban J connectivity index is 1.12. The Hall–Kier alpha value is -3.33. The third-order valence-electron chi connectivity index (χ3n) is 6.52. The monoisotopic (exact) mass is 462 g/mol. The molecule has 2 aromatic heterocycles. The van der Waals surface area contributed by atoms with E-state index in [2.05, 4.69) is 37.5 Å². The number of anilines is 2. The average Bonchev–Trinajstić information content (AvgIpc) is 3.58. The van der Waals surface area contributed by atoms with Crippen molar-refractivity contribution in [2.75, 3.05) is 36.4 Å². The van der Waals surface area contributed by atoms with Gasteiger partial charge in [-0.1, -0.05) is 12.1 Å². The number of thiazole rings is 1. The molecule has 1 atom stereocenters. The van der Waals surface area contributed by atoms with Gasteiger partial charge in [0.1, 0.15) is 4.88 Å². The molecule has 0 unspecified atom stereocenters. The van der Waals surface area contributed by atoms with Gasteiger partial charge in [-0.05, 0) is 55.0 Å². The van der Waals surface area contributed by atoms with Crippen LogP contribution in [0, 0.1) is 5.92 Å². The molecule has 0 spiro atoms. The highest BCUT2D eigenvalue weighted by atomic mass is 32.1. The summed E-state index contributed by atoms with van der Waals surface area (Å²) in [5.74, 6) is 1.31. The van der Waals surface area contributed by atoms with Crippen LogP contribution in [0.25, 0.3) is 0 Å². The van der Waals surface area contributed by atoms with Crippen molar-refractivity contribution in [3.05, 3.63) is 64.7 Å². The van der Waals surface area contributed by atoms with Gasteiger partial charge in [0.05, 0.1) is 17.6 Å². The van der Waals surface area contributed by atoms with Crippen LogP contribution in [0.1, 0.15) is 40.4 Å². The first-order chi connectivity index (χ1) is 16.2. The fourth-order valence-corrected chi connectivity index (χ4v) is 5.21. The predicted molar refractivity (Wildman–Crippen MR) is 127 cm³/mol. The summed E-state index contributed by atoms with van der Waals surface area (Å²) in [7, 11) is 0. The SMILES string of the molecule is O=C(Nc1ccc(C2CCN(C(=O)c3cncs3)CC2)cc1)[C@H]1CCN(c2cccnn2)C1. The van der Waals surface area contributed by atoms with E-state index >= 15 is 0 Å². The zero-order valence-corrected chi connectivity index (χ0v) is 19.1. The first kappa shape index (κ1) is 21.5. The first-order valence-corrected chi connectivity index (χ1v) is 12.2. The molecule has 2 amide bonds. The van der Waals surface area contributed by atoms with Crippen LogP contribution in [0.4, 0.5) is 11.5 Å². The van der Waals surface area contributed by atoms with Crippen LogP contribution in [0.2, 0.25) is 0 Å². The molecule has 9 heteroatoms. The molecule has 0 aliphatic carbocycles. The molecular formula is C24H26N6O2S. The van der Waals surface area contributed by atoms with Crippen molar-refractivity contribution in [3.63, 3.8) is 0 Å². The zero-order valence-electron chi connectivity index (χ0n) is 18.3. The summed E-state index contributed by atoms with van der Waals surface area (Å²) in [6, 6.07) is 11.9. The van der Waals surface area contributed by atoms with Crippen molar-refractivity contribution in [3.8, 4) is 0 Å². The summed E-state index contributed by atoms with van der Waals surface area (Å²) < 4.78 is 0. The number of benzene rings is 1. The lowest BCUT2D eigenvalue weighted by Crippen LogP contribution is -2.37. The van der Waals surface area contributed by atoms with E-state index in [1.807, 2.05) is 29.2 Å². The molecular weight excluding hydrogens is 436 g/mol. The van der Waals surface area contributed by atoms with Gasteiger partial charge in [-0.3, -0.25) is 14.6 Å². The summed E-state index contributed by atoms with van der Waals surface area (Å²) >= 11 is 1.39. The Morgan fingerprint density at radius 1 is 1.03 bits per heavy atom. The Bertz CT molecular complexity index is 1080. The fourth-order valence-electron chi connectivity index (χ4n) is 4.62. The van der Waals surface area contributed by atoms with Crippen molar-refractivity contribution >= 4 is 34.7 Å². The third kappa shape index (κ3) is 4.88. The van der Waals surface area contributed by atoms with Crippen molar-refractivity contribution in [1.29, 1.82) is 0 Å². The van der Waals surface area contributed by atoms with E-state index in [0.717, 1.165) is 50.4 Å². The number of nitrogens with one attached hydrogen (secondary N) is 1. The lowest BCUT2D eigenvalue weighted by Gasteiger charge is -2.32. The third-order valence-corrected chi connectivity index (χ3v) is 7.28. The normalized spacial score (nSPS) is 19.0. The zero-order chi connectivity index (χ0) is 22.6. The Kier molecular flexibility index (Phi) is 6.30. The summed E-state index contributed by atoms with van der Waals surface area (Å²) in [6.45, 7) is 2.97. The standard InChI is InChI=1S/C24H26N6O2S/c31-23(19-9-13-30(15-19)22-2-1-10-26-28-22)27-20-5-3-17(4-6-20)18-7-11-29(12-8-18)24(32)21-14-25-16-33-21/h1-6,10,14,16,18-19H,7-9,11-13,15H2,(H,27,31)/t19-/m0/s1. The molecule has 3 aromatic rings. The molecule has 2 aliphatic heterocycles. The largest absolute Gasteiger partial charge is 0.354 e. The minimum atomic E-state index is -0.0629. The van der Waals surface area contributed by atoms with Crippen molar-refractivity contribution in [2.45, 2.75) is 25.2 Å². The number of aromatic nitrogens is 3. The molecule has 8 nitrogen and oxygen atoms in total. The Morgan fingerprint density at radius 2 is 1.85 bits per heavy atom. The van der Waals surface area contributed by atoms with Gasteiger partial charge in [0.2, 0.25) is 5.91 Å². The smallest absolute Gasteiger partial charge is 0.265 e. The van der Waals surface area contributed by atoms with Gasteiger partial charge < -0.3 is 15.1 Å². The second kappa shape index (κ2) is 9.66. The van der Waals surface area contributed by atoms with Crippen LogP contribution >= 0.6 is 11.3 Å². The molecule has 2 aliphatic rings. The number of hydrogen-bond acceptors (Lipinski definition) is 7. The van der Waals surface area contributed by atoms with Crippen molar-refractivity contribution < 1.29 is 9.59 Å². The lowest BCUT2D eigenvalue weighted by molar-refractivity contribution is -0.119.